The first-order valence-electron chi connectivity index (χ1n) is 7.97. The molecule has 0 atom stereocenters. The molecule has 4 aliphatic rings. The van der Waals surface area contributed by atoms with E-state index in [0.717, 1.165) is 17.8 Å². The van der Waals surface area contributed by atoms with Crippen molar-refractivity contribution in [2.24, 2.45) is 17.8 Å². The first-order valence-corrected chi connectivity index (χ1v) is 7.97. The molecule has 0 saturated heterocycles. The Morgan fingerprint density at radius 1 is 0.722 bits per heavy atom. The van der Waals surface area contributed by atoms with E-state index in [-0.39, 0.29) is 0 Å². The first-order chi connectivity index (χ1) is 8.90. The van der Waals surface area contributed by atoms with Gasteiger partial charge in [-0.25, -0.2) is 0 Å². The van der Waals surface area contributed by atoms with Gasteiger partial charge in [0.05, 0.1) is 6.04 Å². The third-order valence-electron chi connectivity index (χ3n) is 5.60. The average molecular weight is 242 g/mol. The maximum absolute atomic E-state index is 3.79. The lowest BCUT2D eigenvalue weighted by atomic mass is 9.72. The van der Waals surface area contributed by atoms with Crippen LogP contribution in [-0.2, 0) is 0 Å². The molecule has 0 aromatic carbocycles. The zero-order valence-corrected chi connectivity index (χ0v) is 11.3. The molecule has 3 fully saturated rings. The van der Waals surface area contributed by atoms with E-state index in [1.807, 2.05) is 0 Å². The quantitative estimate of drug-likeness (QED) is 0.776. The fourth-order valence-electron chi connectivity index (χ4n) is 3.50. The smallest absolute Gasteiger partial charge is 0.0857 e. The Morgan fingerprint density at radius 2 is 1.33 bits per heavy atom. The van der Waals surface area contributed by atoms with Gasteiger partial charge in [-0.05, 0) is 67.9 Å². The first kappa shape index (κ1) is 11.1. The third kappa shape index (κ3) is 1.83. The standard InChI is InChI=1S/C17H24N/c1-4-12(5-1)15-10-16(13-6-2-7-13)18-17(11-15)14-8-3-9-14/h10-14,18H,1-9H2. The highest BCUT2D eigenvalue weighted by Crippen LogP contribution is 2.44. The molecular weight excluding hydrogens is 218 g/mol. The van der Waals surface area contributed by atoms with Crippen LogP contribution in [0.2, 0.25) is 0 Å². The van der Waals surface area contributed by atoms with Crippen molar-refractivity contribution in [2.45, 2.75) is 57.8 Å². The summed E-state index contributed by atoms with van der Waals surface area (Å²) in [6.45, 7) is 0. The van der Waals surface area contributed by atoms with Crippen molar-refractivity contribution in [1.82, 2.24) is 5.32 Å². The van der Waals surface area contributed by atoms with Gasteiger partial charge in [-0.15, -0.1) is 0 Å². The molecule has 4 rings (SSSR count). The maximum atomic E-state index is 3.79. The molecule has 0 spiro atoms. The molecule has 3 saturated carbocycles. The lowest BCUT2D eigenvalue weighted by Crippen LogP contribution is -2.37. The molecule has 1 aliphatic heterocycles. The van der Waals surface area contributed by atoms with Gasteiger partial charge in [0.2, 0.25) is 0 Å². The predicted octanol–water partition coefficient (Wildman–Crippen LogP) is 4.33. The zero-order valence-electron chi connectivity index (χ0n) is 11.3. The van der Waals surface area contributed by atoms with Crippen molar-refractivity contribution in [3.63, 3.8) is 0 Å². The molecule has 0 aromatic heterocycles. The van der Waals surface area contributed by atoms with Crippen LogP contribution in [0.3, 0.4) is 0 Å². The van der Waals surface area contributed by atoms with E-state index in [1.54, 1.807) is 17.3 Å². The zero-order chi connectivity index (χ0) is 11.9. The van der Waals surface area contributed by atoms with Gasteiger partial charge in [-0.1, -0.05) is 25.3 Å². The van der Waals surface area contributed by atoms with Crippen LogP contribution in [0, 0.1) is 23.8 Å². The fraction of sp³-hybridized carbons (Fsp3) is 0.706. The summed E-state index contributed by atoms with van der Waals surface area (Å²) >= 11 is 0. The van der Waals surface area contributed by atoms with Gasteiger partial charge >= 0.3 is 0 Å². The highest BCUT2D eigenvalue weighted by Gasteiger charge is 2.34. The second-order valence-electron chi connectivity index (χ2n) is 6.71. The minimum absolute atomic E-state index is 0.851. The van der Waals surface area contributed by atoms with E-state index < -0.39 is 0 Å². The van der Waals surface area contributed by atoms with Gasteiger partial charge in [0.25, 0.3) is 0 Å². The van der Waals surface area contributed by atoms with E-state index in [9.17, 15) is 0 Å². The molecular formula is C17H24N. The molecule has 0 amide bonds. The summed E-state index contributed by atoms with van der Waals surface area (Å²) in [6.07, 6.45) is 17.8. The largest absolute Gasteiger partial charge is 0.376 e. The second kappa shape index (κ2) is 4.43. The molecule has 97 valence electrons. The van der Waals surface area contributed by atoms with Crippen LogP contribution in [0.15, 0.2) is 23.4 Å². The lowest BCUT2D eigenvalue weighted by molar-refractivity contribution is 0.296. The summed E-state index contributed by atoms with van der Waals surface area (Å²) in [5, 5.41) is 3.79. The molecule has 1 radical (unpaired) electrons. The summed E-state index contributed by atoms with van der Waals surface area (Å²) in [6, 6.07) is 1.56. The maximum Gasteiger partial charge on any atom is 0.0857 e. The molecule has 1 nitrogen and oxygen atoms in total. The molecule has 0 aromatic rings. The Morgan fingerprint density at radius 3 is 1.83 bits per heavy atom. The number of rotatable bonds is 3. The minimum atomic E-state index is 0.851. The van der Waals surface area contributed by atoms with Crippen LogP contribution >= 0.6 is 0 Å². The van der Waals surface area contributed by atoms with Crippen LogP contribution in [0.5, 0.6) is 0 Å². The van der Waals surface area contributed by atoms with Crippen LogP contribution < -0.4 is 5.32 Å². The van der Waals surface area contributed by atoms with Crippen molar-refractivity contribution in [2.75, 3.05) is 0 Å². The van der Waals surface area contributed by atoms with E-state index >= 15 is 0 Å². The molecule has 1 heteroatoms. The van der Waals surface area contributed by atoms with Crippen LogP contribution in [0.25, 0.3) is 0 Å². The minimum Gasteiger partial charge on any atom is -0.376 e. The summed E-state index contributed by atoms with van der Waals surface area (Å²) in [5.41, 5.74) is 3.22. The van der Waals surface area contributed by atoms with E-state index in [2.05, 4.69) is 17.5 Å². The Bertz CT molecular complexity index is 380. The molecule has 1 heterocycles. The Kier molecular flexibility index (Phi) is 2.74. The normalized spacial score (nSPS) is 30.7. The van der Waals surface area contributed by atoms with Crippen LogP contribution in [0.4, 0.5) is 0 Å². The fourth-order valence-corrected chi connectivity index (χ4v) is 3.50. The molecule has 0 bridgehead atoms. The highest BCUT2D eigenvalue weighted by atomic mass is 15.0. The van der Waals surface area contributed by atoms with Gasteiger partial charge in [-0.2, -0.15) is 0 Å². The third-order valence-corrected chi connectivity index (χ3v) is 5.60. The molecule has 1 N–H and O–H groups in total. The van der Waals surface area contributed by atoms with Crippen molar-refractivity contribution >= 4 is 0 Å². The van der Waals surface area contributed by atoms with E-state index in [4.69, 9.17) is 0 Å². The van der Waals surface area contributed by atoms with Gasteiger partial charge < -0.3 is 5.32 Å². The number of nitrogens with one attached hydrogen (secondary N) is 1. The summed E-state index contributed by atoms with van der Waals surface area (Å²) in [5.74, 6) is 2.59. The lowest BCUT2D eigenvalue weighted by Gasteiger charge is -2.41. The second-order valence-corrected chi connectivity index (χ2v) is 6.71. The Hall–Kier alpha value is -0.720. The van der Waals surface area contributed by atoms with Crippen molar-refractivity contribution in [3.05, 3.63) is 29.5 Å². The number of allylic oxidation sites excluding steroid dienone is 3. The van der Waals surface area contributed by atoms with Crippen molar-refractivity contribution in [3.8, 4) is 0 Å². The topological polar surface area (TPSA) is 12.0 Å². The molecule has 0 unspecified atom stereocenters. The summed E-state index contributed by atoms with van der Waals surface area (Å²) < 4.78 is 0. The predicted molar refractivity (Wildman–Crippen MR) is 74.6 cm³/mol. The van der Waals surface area contributed by atoms with Gasteiger partial charge in [0.1, 0.15) is 0 Å². The van der Waals surface area contributed by atoms with Crippen molar-refractivity contribution < 1.29 is 0 Å². The average Bonchev–Trinajstić information content (AvgIpc) is 2.08. The van der Waals surface area contributed by atoms with Crippen LogP contribution in [-0.4, -0.2) is 0 Å². The van der Waals surface area contributed by atoms with Crippen LogP contribution in [0.1, 0.15) is 57.8 Å². The monoisotopic (exact) mass is 242 g/mol. The van der Waals surface area contributed by atoms with Gasteiger partial charge in [0, 0.05) is 5.70 Å². The number of hydrogen-bond acceptors (Lipinski definition) is 1. The van der Waals surface area contributed by atoms with Gasteiger partial charge in [0.15, 0.2) is 0 Å². The SMILES string of the molecule is C1=C(C2CCC2)C=C(C2CCC2)N[C]1C1CCC1. The Labute approximate surface area is 111 Å². The summed E-state index contributed by atoms with van der Waals surface area (Å²) in [7, 11) is 0. The van der Waals surface area contributed by atoms with E-state index in [0.29, 0.717) is 0 Å². The number of hydrogen-bond donors (Lipinski definition) is 1. The van der Waals surface area contributed by atoms with Gasteiger partial charge in [-0.3, -0.25) is 0 Å². The van der Waals surface area contributed by atoms with Crippen molar-refractivity contribution in [1.29, 1.82) is 0 Å². The molecule has 3 aliphatic carbocycles. The Balaban J connectivity index is 1.55. The number of dihydropyridines is 1. The summed E-state index contributed by atoms with van der Waals surface area (Å²) in [4.78, 5) is 0. The highest BCUT2D eigenvalue weighted by molar-refractivity contribution is 5.39. The molecule has 18 heavy (non-hydrogen) atoms. The van der Waals surface area contributed by atoms with E-state index in [1.165, 1.54) is 57.8 Å².